The molecule has 2 aromatic rings. The molecule has 0 amide bonds. The molecule has 0 saturated carbocycles. The van der Waals surface area contributed by atoms with E-state index in [2.05, 4.69) is 34.1 Å². The third-order valence-electron chi connectivity index (χ3n) is 3.10. The lowest BCUT2D eigenvalue weighted by Gasteiger charge is -2.05. The van der Waals surface area contributed by atoms with Gasteiger partial charge in [0.15, 0.2) is 5.78 Å². The molecule has 2 rings (SSSR count). The van der Waals surface area contributed by atoms with E-state index in [1.54, 1.807) is 0 Å². The molecule has 0 aliphatic heterocycles. The molecule has 0 spiro atoms. The summed E-state index contributed by atoms with van der Waals surface area (Å²) in [5.41, 5.74) is 4.31. The Kier molecular flexibility index (Phi) is 4.54. The van der Waals surface area contributed by atoms with Crippen LogP contribution in [-0.4, -0.2) is 5.78 Å². The van der Waals surface area contributed by atoms with Crippen LogP contribution in [0.4, 0.5) is 0 Å². The fraction of sp³-hybridized carbons (Fsp3) is 0.235. The first-order valence-electron chi connectivity index (χ1n) is 6.40. The summed E-state index contributed by atoms with van der Waals surface area (Å²) in [7, 11) is 0. The van der Waals surface area contributed by atoms with Crippen molar-refractivity contribution in [3.8, 4) is 0 Å². The predicted octanol–water partition coefficient (Wildman–Crippen LogP) is 4.88. The van der Waals surface area contributed by atoms with Gasteiger partial charge in [0, 0.05) is 16.5 Å². The minimum Gasteiger partial charge on any atom is -0.294 e. The number of hydrogen-bond donors (Lipinski definition) is 0. The highest BCUT2D eigenvalue weighted by atomic mass is 79.9. The molecule has 0 saturated heterocycles. The van der Waals surface area contributed by atoms with E-state index < -0.39 is 0 Å². The first-order chi connectivity index (χ1) is 9.04. The van der Waals surface area contributed by atoms with Gasteiger partial charge in [0.25, 0.3) is 0 Å². The first kappa shape index (κ1) is 14.0. The van der Waals surface area contributed by atoms with Gasteiger partial charge in [-0.05, 0) is 50.1 Å². The Morgan fingerprint density at radius 1 is 1.00 bits per heavy atom. The van der Waals surface area contributed by atoms with E-state index in [0.717, 1.165) is 27.6 Å². The second kappa shape index (κ2) is 6.16. The SMILES string of the molecule is Cc1cc(C)cc(C(=O)CCc2ccc(Br)cc2)c1. The molecule has 2 heteroatoms. The Labute approximate surface area is 122 Å². The Balaban J connectivity index is 2.03. The summed E-state index contributed by atoms with van der Waals surface area (Å²) in [5, 5.41) is 0. The van der Waals surface area contributed by atoms with E-state index >= 15 is 0 Å². The number of benzene rings is 2. The number of rotatable bonds is 4. The first-order valence-corrected chi connectivity index (χ1v) is 7.20. The van der Waals surface area contributed by atoms with E-state index in [-0.39, 0.29) is 5.78 Å². The smallest absolute Gasteiger partial charge is 0.163 e. The summed E-state index contributed by atoms with van der Waals surface area (Å²) in [4.78, 5) is 12.2. The Morgan fingerprint density at radius 2 is 1.58 bits per heavy atom. The molecule has 0 aliphatic carbocycles. The van der Waals surface area contributed by atoms with E-state index in [9.17, 15) is 4.79 Å². The molecule has 2 aromatic carbocycles. The summed E-state index contributed by atoms with van der Waals surface area (Å²) >= 11 is 3.41. The maximum Gasteiger partial charge on any atom is 0.163 e. The van der Waals surface area contributed by atoms with Gasteiger partial charge in [-0.3, -0.25) is 4.79 Å². The Morgan fingerprint density at radius 3 is 2.16 bits per heavy atom. The van der Waals surface area contributed by atoms with E-state index in [1.165, 1.54) is 5.56 Å². The minimum absolute atomic E-state index is 0.217. The number of Topliss-reactive ketones (excluding diaryl/α,β-unsaturated/α-hetero) is 1. The highest BCUT2D eigenvalue weighted by molar-refractivity contribution is 9.10. The molecule has 0 fully saturated rings. The summed E-state index contributed by atoms with van der Waals surface area (Å²) in [6, 6.07) is 14.2. The van der Waals surface area contributed by atoms with E-state index in [4.69, 9.17) is 0 Å². The number of halogens is 1. The fourth-order valence-corrected chi connectivity index (χ4v) is 2.45. The average molecular weight is 317 g/mol. The second-order valence-electron chi connectivity index (χ2n) is 4.93. The molecule has 19 heavy (non-hydrogen) atoms. The van der Waals surface area contributed by atoms with Gasteiger partial charge in [-0.25, -0.2) is 0 Å². The summed E-state index contributed by atoms with van der Waals surface area (Å²) in [5.74, 6) is 0.217. The van der Waals surface area contributed by atoms with Crippen molar-refractivity contribution < 1.29 is 4.79 Å². The van der Waals surface area contributed by atoms with Crippen LogP contribution >= 0.6 is 15.9 Å². The topological polar surface area (TPSA) is 17.1 Å². The average Bonchev–Trinajstić information content (AvgIpc) is 2.36. The third kappa shape index (κ3) is 4.03. The van der Waals surface area contributed by atoms with Crippen LogP contribution in [0.3, 0.4) is 0 Å². The van der Waals surface area contributed by atoms with E-state index in [0.29, 0.717) is 6.42 Å². The molecule has 0 heterocycles. The van der Waals surface area contributed by atoms with Gasteiger partial charge in [0.2, 0.25) is 0 Å². The van der Waals surface area contributed by atoms with Crippen molar-refractivity contribution >= 4 is 21.7 Å². The second-order valence-corrected chi connectivity index (χ2v) is 5.84. The molecular weight excluding hydrogens is 300 g/mol. The zero-order valence-corrected chi connectivity index (χ0v) is 12.8. The van der Waals surface area contributed by atoms with Crippen LogP contribution < -0.4 is 0 Å². The predicted molar refractivity (Wildman–Crippen MR) is 82.7 cm³/mol. The maximum atomic E-state index is 12.2. The fourth-order valence-electron chi connectivity index (χ4n) is 2.19. The summed E-state index contributed by atoms with van der Waals surface area (Å²) in [6.45, 7) is 4.05. The standard InChI is InChI=1S/C17H17BrO/c1-12-9-13(2)11-15(10-12)17(19)8-5-14-3-6-16(18)7-4-14/h3-4,6-7,9-11H,5,8H2,1-2H3. The number of aryl methyl sites for hydroxylation is 3. The van der Waals surface area contributed by atoms with Crippen LogP contribution in [0.5, 0.6) is 0 Å². The number of carbonyl (C=O) groups excluding carboxylic acids is 1. The van der Waals surface area contributed by atoms with Crippen LogP contribution in [0, 0.1) is 13.8 Å². The number of hydrogen-bond acceptors (Lipinski definition) is 1. The van der Waals surface area contributed by atoms with Gasteiger partial charge in [0.1, 0.15) is 0 Å². The minimum atomic E-state index is 0.217. The number of carbonyl (C=O) groups is 1. The number of ketones is 1. The van der Waals surface area contributed by atoms with Gasteiger partial charge in [-0.15, -0.1) is 0 Å². The van der Waals surface area contributed by atoms with Crippen LogP contribution in [0.15, 0.2) is 46.9 Å². The Hall–Kier alpha value is -1.41. The lowest BCUT2D eigenvalue weighted by atomic mass is 9.99. The van der Waals surface area contributed by atoms with Gasteiger partial charge in [0.05, 0.1) is 0 Å². The Bertz CT molecular complexity index is 564. The van der Waals surface area contributed by atoms with Crippen molar-refractivity contribution in [2.45, 2.75) is 26.7 Å². The summed E-state index contributed by atoms with van der Waals surface area (Å²) in [6.07, 6.45) is 1.35. The van der Waals surface area contributed by atoms with Gasteiger partial charge in [-0.1, -0.05) is 45.3 Å². The monoisotopic (exact) mass is 316 g/mol. The molecule has 98 valence electrons. The van der Waals surface area contributed by atoms with Crippen molar-refractivity contribution in [3.05, 3.63) is 69.2 Å². The van der Waals surface area contributed by atoms with Gasteiger partial charge in [-0.2, -0.15) is 0 Å². The van der Waals surface area contributed by atoms with Crippen molar-refractivity contribution in [3.63, 3.8) is 0 Å². The molecule has 1 nitrogen and oxygen atoms in total. The molecule has 0 aliphatic rings. The molecule has 0 aromatic heterocycles. The highest BCUT2D eigenvalue weighted by Crippen LogP contribution is 2.15. The summed E-state index contributed by atoms with van der Waals surface area (Å²) < 4.78 is 1.07. The maximum absolute atomic E-state index is 12.2. The lowest BCUT2D eigenvalue weighted by molar-refractivity contribution is 0.0982. The normalized spacial score (nSPS) is 10.5. The quantitative estimate of drug-likeness (QED) is 0.734. The van der Waals surface area contributed by atoms with Crippen LogP contribution in [0.1, 0.15) is 33.5 Å². The zero-order chi connectivity index (χ0) is 13.8. The molecular formula is C17H17BrO. The molecule has 0 atom stereocenters. The van der Waals surface area contributed by atoms with Crippen LogP contribution in [0.25, 0.3) is 0 Å². The van der Waals surface area contributed by atoms with Gasteiger partial charge < -0.3 is 0 Å². The van der Waals surface area contributed by atoms with Crippen molar-refractivity contribution in [2.75, 3.05) is 0 Å². The highest BCUT2D eigenvalue weighted by Gasteiger charge is 2.07. The molecule has 0 unspecified atom stereocenters. The lowest BCUT2D eigenvalue weighted by Crippen LogP contribution is -2.02. The molecule has 0 bridgehead atoms. The van der Waals surface area contributed by atoms with Crippen molar-refractivity contribution in [1.29, 1.82) is 0 Å². The van der Waals surface area contributed by atoms with Crippen molar-refractivity contribution in [2.24, 2.45) is 0 Å². The van der Waals surface area contributed by atoms with Crippen LogP contribution in [0.2, 0.25) is 0 Å². The largest absolute Gasteiger partial charge is 0.294 e. The molecule has 0 radical (unpaired) electrons. The molecule has 0 N–H and O–H groups in total. The van der Waals surface area contributed by atoms with Gasteiger partial charge >= 0.3 is 0 Å². The third-order valence-corrected chi connectivity index (χ3v) is 3.63. The van der Waals surface area contributed by atoms with Crippen molar-refractivity contribution in [1.82, 2.24) is 0 Å². The zero-order valence-electron chi connectivity index (χ0n) is 11.2. The van der Waals surface area contributed by atoms with Crippen LogP contribution in [-0.2, 0) is 6.42 Å². The van der Waals surface area contributed by atoms with E-state index in [1.807, 2.05) is 38.1 Å².